The summed E-state index contributed by atoms with van der Waals surface area (Å²) >= 11 is 1.56. The first-order chi connectivity index (χ1) is 7.92. The van der Waals surface area contributed by atoms with Gasteiger partial charge >= 0.3 is 0 Å². The summed E-state index contributed by atoms with van der Waals surface area (Å²) in [7, 11) is 0. The first kappa shape index (κ1) is 12.9. The minimum atomic E-state index is -0.356. The topological polar surface area (TPSA) is 41.5 Å². The number of carbonyl (C=O) groups excluding carboxylic acids is 1. The molecule has 2 fully saturated rings. The first-order valence-corrected chi connectivity index (χ1v) is 7.32. The van der Waals surface area contributed by atoms with Crippen molar-refractivity contribution in [1.29, 1.82) is 0 Å². The molecule has 0 spiro atoms. The molecule has 2 aliphatic rings. The van der Waals surface area contributed by atoms with E-state index in [9.17, 15) is 4.79 Å². The lowest BCUT2D eigenvalue weighted by Crippen LogP contribution is -2.31. The quantitative estimate of drug-likeness (QED) is 0.823. The van der Waals surface area contributed by atoms with Crippen LogP contribution in [0.4, 0.5) is 0 Å². The zero-order valence-corrected chi connectivity index (χ0v) is 11.9. The predicted molar refractivity (Wildman–Crippen MR) is 73.2 cm³/mol. The van der Waals surface area contributed by atoms with Crippen LogP contribution in [0, 0.1) is 11.8 Å². The zero-order chi connectivity index (χ0) is 12.6. The maximum absolute atomic E-state index is 11.7. The van der Waals surface area contributed by atoms with Crippen molar-refractivity contribution in [3.05, 3.63) is 0 Å². The number of amidine groups is 1. The smallest absolute Gasteiger partial charge is 0.242 e. The second-order valence-electron chi connectivity index (χ2n) is 5.79. The molecule has 96 valence electrons. The maximum Gasteiger partial charge on any atom is 0.242 e. The maximum atomic E-state index is 11.7. The van der Waals surface area contributed by atoms with E-state index in [2.05, 4.69) is 19.2 Å². The molecule has 3 unspecified atom stereocenters. The molecule has 2 rings (SSSR count). The van der Waals surface area contributed by atoms with Gasteiger partial charge in [0.2, 0.25) is 5.91 Å². The average molecular weight is 254 g/mol. The van der Waals surface area contributed by atoms with Crippen LogP contribution >= 0.6 is 11.8 Å². The minimum absolute atomic E-state index is 0.0824. The number of nitrogens with one attached hydrogen (secondary N) is 1. The van der Waals surface area contributed by atoms with Crippen LogP contribution in [0.25, 0.3) is 0 Å². The summed E-state index contributed by atoms with van der Waals surface area (Å²) in [6, 6.07) is 0.400. The molecule has 0 aromatic rings. The molecule has 3 nitrogen and oxygen atoms in total. The lowest BCUT2D eigenvalue weighted by atomic mass is 10.0. The van der Waals surface area contributed by atoms with Crippen molar-refractivity contribution in [1.82, 2.24) is 5.32 Å². The average Bonchev–Trinajstić information content (AvgIpc) is 2.70. The van der Waals surface area contributed by atoms with Crippen LogP contribution in [-0.4, -0.2) is 21.9 Å². The van der Waals surface area contributed by atoms with Gasteiger partial charge in [-0.15, -0.1) is 0 Å². The van der Waals surface area contributed by atoms with Crippen molar-refractivity contribution in [2.75, 3.05) is 0 Å². The minimum Gasteiger partial charge on any atom is -0.304 e. The molecule has 1 N–H and O–H groups in total. The van der Waals surface area contributed by atoms with E-state index in [0.717, 1.165) is 11.1 Å². The molecule has 1 heterocycles. The molecule has 17 heavy (non-hydrogen) atoms. The lowest BCUT2D eigenvalue weighted by Gasteiger charge is -2.11. The third-order valence-corrected chi connectivity index (χ3v) is 5.01. The van der Waals surface area contributed by atoms with Crippen LogP contribution in [0.5, 0.6) is 0 Å². The molecule has 1 aliphatic carbocycles. The fraction of sp³-hybridized carbons (Fsp3) is 0.846. The number of amides is 1. The summed E-state index contributed by atoms with van der Waals surface area (Å²) in [5, 5.41) is 3.73. The third-order valence-electron chi connectivity index (χ3n) is 3.92. The molecule has 0 bridgehead atoms. The Balaban J connectivity index is 2.04. The summed E-state index contributed by atoms with van der Waals surface area (Å²) < 4.78 is -0.356. The molecule has 1 saturated carbocycles. The van der Waals surface area contributed by atoms with Crippen molar-refractivity contribution in [2.24, 2.45) is 16.8 Å². The predicted octanol–water partition coefficient (Wildman–Crippen LogP) is 2.81. The Morgan fingerprint density at radius 3 is 2.65 bits per heavy atom. The van der Waals surface area contributed by atoms with E-state index in [1.807, 2.05) is 13.8 Å². The lowest BCUT2D eigenvalue weighted by molar-refractivity contribution is -0.120. The van der Waals surface area contributed by atoms with E-state index < -0.39 is 0 Å². The van der Waals surface area contributed by atoms with Crippen LogP contribution in [0.3, 0.4) is 0 Å². The molecule has 0 aromatic carbocycles. The van der Waals surface area contributed by atoms with Crippen molar-refractivity contribution in [3.8, 4) is 0 Å². The second kappa shape index (κ2) is 4.63. The Kier molecular flexibility index (Phi) is 3.53. The standard InChI is InChI=1S/C13H22N2OS/c1-5-9-6-8(2)10(7-9)14-12-15-11(16)13(3,4)17-12/h8-10H,5-7H2,1-4H3,(H,14,15,16). The van der Waals surface area contributed by atoms with Crippen LogP contribution in [0.2, 0.25) is 0 Å². The molecule has 3 atom stereocenters. The number of hydrogen-bond donors (Lipinski definition) is 1. The fourth-order valence-corrected chi connectivity index (χ4v) is 3.60. The highest BCUT2D eigenvalue weighted by Gasteiger charge is 2.39. The number of rotatable bonds is 2. The summed E-state index contributed by atoms with van der Waals surface area (Å²) in [5.41, 5.74) is 0. The van der Waals surface area contributed by atoms with Gasteiger partial charge in [-0.25, -0.2) is 0 Å². The molecular weight excluding hydrogens is 232 g/mol. The van der Waals surface area contributed by atoms with Crippen molar-refractivity contribution in [3.63, 3.8) is 0 Å². The van der Waals surface area contributed by atoms with E-state index >= 15 is 0 Å². The van der Waals surface area contributed by atoms with Crippen molar-refractivity contribution < 1.29 is 4.79 Å². The summed E-state index contributed by atoms with van der Waals surface area (Å²) in [4.78, 5) is 16.4. The van der Waals surface area contributed by atoms with Gasteiger partial charge in [-0.05, 0) is 38.5 Å². The molecule has 0 radical (unpaired) electrons. The number of hydrogen-bond acceptors (Lipinski definition) is 3. The summed E-state index contributed by atoms with van der Waals surface area (Å²) in [6.45, 7) is 8.42. The Labute approximate surface area is 108 Å². The third kappa shape index (κ3) is 2.67. The fourth-order valence-electron chi connectivity index (χ4n) is 2.64. The largest absolute Gasteiger partial charge is 0.304 e. The van der Waals surface area contributed by atoms with Gasteiger partial charge in [0.05, 0.1) is 10.8 Å². The van der Waals surface area contributed by atoms with Gasteiger partial charge in [-0.3, -0.25) is 9.79 Å². The number of nitrogens with zero attached hydrogens (tertiary/aromatic N) is 1. The van der Waals surface area contributed by atoms with Gasteiger partial charge in [0, 0.05) is 0 Å². The monoisotopic (exact) mass is 254 g/mol. The van der Waals surface area contributed by atoms with E-state index in [4.69, 9.17) is 4.99 Å². The molecule has 1 aliphatic heterocycles. The van der Waals surface area contributed by atoms with Crippen LogP contribution in [-0.2, 0) is 4.79 Å². The van der Waals surface area contributed by atoms with Crippen LogP contribution in [0.15, 0.2) is 4.99 Å². The molecule has 1 saturated heterocycles. The molecular formula is C13H22N2OS. The second-order valence-corrected chi connectivity index (χ2v) is 7.40. The van der Waals surface area contributed by atoms with Gasteiger partial charge in [-0.2, -0.15) is 0 Å². The Hall–Kier alpha value is -0.510. The van der Waals surface area contributed by atoms with Gasteiger partial charge in [0.25, 0.3) is 0 Å². The van der Waals surface area contributed by atoms with Crippen LogP contribution < -0.4 is 5.32 Å². The number of aliphatic imine (C=N–C) groups is 1. The SMILES string of the molecule is CCC1CC(C)C(N=C2NC(=O)C(C)(C)S2)C1. The molecule has 0 aromatic heterocycles. The van der Waals surface area contributed by atoms with Gasteiger partial charge in [0.15, 0.2) is 5.17 Å². The highest BCUT2D eigenvalue weighted by molar-refractivity contribution is 8.16. The van der Waals surface area contributed by atoms with E-state index in [-0.39, 0.29) is 10.7 Å². The van der Waals surface area contributed by atoms with E-state index in [1.165, 1.54) is 19.3 Å². The molecule has 1 amide bonds. The Bertz CT molecular complexity index is 351. The van der Waals surface area contributed by atoms with Gasteiger partial charge in [0.1, 0.15) is 0 Å². The Morgan fingerprint density at radius 1 is 1.47 bits per heavy atom. The van der Waals surface area contributed by atoms with Crippen LogP contribution in [0.1, 0.15) is 47.0 Å². The van der Waals surface area contributed by atoms with E-state index in [0.29, 0.717) is 12.0 Å². The number of carbonyl (C=O) groups is 1. The van der Waals surface area contributed by atoms with E-state index in [1.54, 1.807) is 11.8 Å². The zero-order valence-electron chi connectivity index (χ0n) is 11.1. The van der Waals surface area contributed by atoms with Crippen molar-refractivity contribution in [2.45, 2.75) is 57.7 Å². The molecule has 4 heteroatoms. The highest BCUT2D eigenvalue weighted by atomic mass is 32.2. The first-order valence-electron chi connectivity index (χ1n) is 6.50. The summed E-state index contributed by atoms with van der Waals surface area (Å²) in [6.07, 6.45) is 3.70. The number of thioether (sulfide) groups is 1. The Morgan fingerprint density at radius 2 is 2.18 bits per heavy atom. The summed E-state index contributed by atoms with van der Waals surface area (Å²) in [5.74, 6) is 1.54. The highest BCUT2D eigenvalue weighted by Crippen LogP contribution is 2.37. The van der Waals surface area contributed by atoms with Gasteiger partial charge < -0.3 is 5.32 Å². The normalized spacial score (nSPS) is 38.7. The van der Waals surface area contributed by atoms with Gasteiger partial charge in [-0.1, -0.05) is 32.0 Å². The van der Waals surface area contributed by atoms with Crippen molar-refractivity contribution >= 4 is 22.8 Å².